The van der Waals surface area contributed by atoms with Gasteiger partial charge in [0.05, 0.1) is 23.4 Å². The molecule has 0 saturated heterocycles. The molecular formula is C18H22N4. The third kappa shape index (κ3) is 2.28. The monoisotopic (exact) mass is 294 g/mol. The molecule has 0 aliphatic heterocycles. The van der Waals surface area contributed by atoms with Gasteiger partial charge in [-0.05, 0) is 42.6 Å². The van der Waals surface area contributed by atoms with Crippen molar-refractivity contribution in [2.75, 3.05) is 0 Å². The summed E-state index contributed by atoms with van der Waals surface area (Å²) in [6.45, 7) is 6.36. The quantitative estimate of drug-likeness (QED) is 0.843. The molecule has 2 aliphatic carbocycles. The minimum absolute atomic E-state index is 0.0763. The molecule has 22 heavy (non-hydrogen) atoms. The molecule has 0 amide bonds. The molecule has 3 atom stereocenters. The predicted molar refractivity (Wildman–Crippen MR) is 83.4 cm³/mol. The zero-order valence-corrected chi connectivity index (χ0v) is 13.4. The standard InChI is InChI=1S/C18H22N4/c1-11(2)6-16-14-7-12(3)4-5-13(14)15(8-19)17(22)18(16,9-20)10-21/h5,11-12,14,16H,4,6-7,22H2,1-3H3/t12-,14+,16+/m0/s1. The summed E-state index contributed by atoms with van der Waals surface area (Å²) in [4.78, 5) is 0. The molecule has 114 valence electrons. The van der Waals surface area contributed by atoms with Gasteiger partial charge in [0.15, 0.2) is 5.41 Å². The average molecular weight is 294 g/mol. The Bertz CT molecular complexity index is 634. The summed E-state index contributed by atoms with van der Waals surface area (Å²) in [6, 6.07) is 6.47. The Labute approximate surface area is 132 Å². The first-order valence-electron chi connectivity index (χ1n) is 7.84. The first-order valence-corrected chi connectivity index (χ1v) is 7.84. The fourth-order valence-corrected chi connectivity index (χ4v) is 3.94. The molecule has 0 heterocycles. The number of fused-ring (bicyclic) bond motifs is 1. The number of nitrogens with two attached hydrogens (primary N) is 1. The van der Waals surface area contributed by atoms with Crippen molar-refractivity contribution in [1.29, 1.82) is 15.8 Å². The fourth-order valence-electron chi connectivity index (χ4n) is 3.94. The van der Waals surface area contributed by atoms with Gasteiger partial charge in [0.25, 0.3) is 0 Å². The van der Waals surface area contributed by atoms with Crippen LogP contribution in [-0.2, 0) is 0 Å². The lowest BCUT2D eigenvalue weighted by molar-refractivity contribution is 0.182. The molecule has 2 N–H and O–H groups in total. The lowest BCUT2D eigenvalue weighted by Gasteiger charge is -2.45. The lowest BCUT2D eigenvalue weighted by atomic mass is 9.56. The second-order valence-electron chi connectivity index (χ2n) is 7.01. The molecule has 0 aromatic carbocycles. The summed E-state index contributed by atoms with van der Waals surface area (Å²) in [5.74, 6) is 0.791. The molecule has 0 aromatic heterocycles. The normalized spacial score (nSPS) is 29.9. The Morgan fingerprint density at radius 3 is 2.45 bits per heavy atom. The van der Waals surface area contributed by atoms with Gasteiger partial charge in [-0.2, -0.15) is 15.8 Å². The van der Waals surface area contributed by atoms with Gasteiger partial charge >= 0.3 is 0 Å². The van der Waals surface area contributed by atoms with E-state index in [2.05, 4.69) is 45.1 Å². The second kappa shape index (κ2) is 5.86. The highest BCUT2D eigenvalue weighted by molar-refractivity contribution is 5.56. The van der Waals surface area contributed by atoms with E-state index in [1.807, 2.05) is 0 Å². The van der Waals surface area contributed by atoms with E-state index in [1.165, 1.54) is 0 Å². The Morgan fingerprint density at radius 1 is 1.32 bits per heavy atom. The maximum absolute atomic E-state index is 9.75. The van der Waals surface area contributed by atoms with Gasteiger partial charge in [0.1, 0.15) is 6.07 Å². The van der Waals surface area contributed by atoms with Crippen LogP contribution in [0.4, 0.5) is 0 Å². The van der Waals surface area contributed by atoms with Gasteiger partial charge < -0.3 is 5.73 Å². The largest absolute Gasteiger partial charge is 0.399 e. The summed E-state index contributed by atoms with van der Waals surface area (Å²) in [7, 11) is 0. The third-order valence-corrected chi connectivity index (χ3v) is 5.01. The van der Waals surface area contributed by atoms with Gasteiger partial charge in [-0.15, -0.1) is 0 Å². The first-order chi connectivity index (χ1) is 10.4. The lowest BCUT2D eigenvalue weighted by Crippen LogP contribution is -2.45. The molecule has 0 unspecified atom stereocenters. The molecule has 4 heteroatoms. The van der Waals surface area contributed by atoms with E-state index in [-0.39, 0.29) is 17.5 Å². The molecule has 0 fully saturated rings. The first kappa shape index (κ1) is 16.1. The maximum atomic E-state index is 9.75. The summed E-state index contributed by atoms with van der Waals surface area (Å²) in [6.07, 6.45) is 4.68. The van der Waals surface area contributed by atoms with E-state index in [0.717, 1.165) is 24.8 Å². The molecule has 0 spiro atoms. The SMILES string of the molecule is CC(C)C[C@@H]1[C@@H]2C[C@@H](C)CC=C2C(C#N)=C(N)C1(C#N)C#N. The third-order valence-electron chi connectivity index (χ3n) is 5.01. The molecule has 4 nitrogen and oxygen atoms in total. The number of hydrogen-bond donors (Lipinski definition) is 1. The van der Waals surface area contributed by atoms with Crippen molar-refractivity contribution in [3.63, 3.8) is 0 Å². The molecular weight excluding hydrogens is 272 g/mol. The Morgan fingerprint density at radius 2 is 1.95 bits per heavy atom. The summed E-state index contributed by atoms with van der Waals surface area (Å²) >= 11 is 0. The van der Waals surface area contributed by atoms with Gasteiger partial charge in [-0.25, -0.2) is 0 Å². The highest BCUT2D eigenvalue weighted by Gasteiger charge is 2.53. The summed E-state index contributed by atoms with van der Waals surface area (Å²) in [5.41, 5.74) is 6.27. The van der Waals surface area contributed by atoms with Crippen LogP contribution in [0.5, 0.6) is 0 Å². The minimum Gasteiger partial charge on any atom is -0.399 e. The van der Waals surface area contributed by atoms with E-state index < -0.39 is 5.41 Å². The van der Waals surface area contributed by atoms with Crippen molar-refractivity contribution >= 4 is 0 Å². The van der Waals surface area contributed by atoms with E-state index in [4.69, 9.17) is 5.73 Å². The molecule has 0 aromatic rings. The fraction of sp³-hybridized carbons (Fsp3) is 0.611. The van der Waals surface area contributed by atoms with Crippen LogP contribution in [0.1, 0.15) is 40.0 Å². The van der Waals surface area contributed by atoms with Crippen molar-refractivity contribution in [3.05, 3.63) is 22.9 Å². The van der Waals surface area contributed by atoms with Crippen LogP contribution in [0.2, 0.25) is 0 Å². The molecule has 2 rings (SSSR count). The van der Waals surface area contributed by atoms with Crippen molar-refractivity contribution in [2.24, 2.45) is 34.8 Å². The van der Waals surface area contributed by atoms with Crippen molar-refractivity contribution in [3.8, 4) is 18.2 Å². The Kier molecular flexibility index (Phi) is 4.30. The average Bonchev–Trinajstić information content (AvgIpc) is 2.49. The van der Waals surface area contributed by atoms with E-state index >= 15 is 0 Å². The maximum Gasteiger partial charge on any atom is 0.187 e. The van der Waals surface area contributed by atoms with E-state index in [1.54, 1.807) is 0 Å². The zero-order valence-electron chi connectivity index (χ0n) is 13.4. The van der Waals surface area contributed by atoms with Crippen LogP contribution >= 0.6 is 0 Å². The predicted octanol–water partition coefficient (Wildman–Crippen LogP) is 3.40. The van der Waals surface area contributed by atoms with Crippen LogP contribution in [0, 0.1) is 63.1 Å². The van der Waals surface area contributed by atoms with Gasteiger partial charge in [0, 0.05) is 5.92 Å². The van der Waals surface area contributed by atoms with Crippen LogP contribution in [0.25, 0.3) is 0 Å². The molecule has 0 radical (unpaired) electrons. The van der Waals surface area contributed by atoms with E-state index in [0.29, 0.717) is 17.4 Å². The van der Waals surface area contributed by atoms with E-state index in [9.17, 15) is 15.8 Å². The number of nitriles is 3. The number of nitrogens with zero attached hydrogens (tertiary/aromatic N) is 3. The van der Waals surface area contributed by atoms with Crippen LogP contribution in [0.15, 0.2) is 22.9 Å². The van der Waals surface area contributed by atoms with Gasteiger partial charge in [0.2, 0.25) is 0 Å². The second-order valence-corrected chi connectivity index (χ2v) is 7.01. The smallest absolute Gasteiger partial charge is 0.187 e. The topological polar surface area (TPSA) is 97.4 Å². The summed E-state index contributed by atoms with van der Waals surface area (Å²) < 4.78 is 0. The highest BCUT2D eigenvalue weighted by Crippen LogP contribution is 2.53. The van der Waals surface area contributed by atoms with Gasteiger partial charge in [-0.1, -0.05) is 26.8 Å². The van der Waals surface area contributed by atoms with Crippen molar-refractivity contribution in [2.45, 2.75) is 40.0 Å². The van der Waals surface area contributed by atoms with Crippen molar-refractivity contribution in [1.82, 2.24) is 0 Å². The zero-order chi connectivity index (χ0) is 16.5. The minimum atomic E-state index is -1.38. The Hall–Kier alpha value is -2.25. The van der Waals surface area contributed by atoms with Gasteiger partial charge in [-0.3, -0.25) is 0 Å². The molecule has 2 aliphatic rings. The van der Waals surface area contributed by atoms with Crippen LogP contribution in [0.3, 0.4) is 0 Å². The highest BCUT2D eigenvalue weighted by atomic mass is 14.7. The Balaban J connectivity index is 2.71. The number of allylic oxidation sites excluding steroid dienone is 4. The number of hydrogen-bond acceptors (Lipinski definition) is 4. The summed E-state index contributed by atoms with van der Waals surface area (Å²) in [5, 5.41) is 29.0. The molecule has 0 saturated carbocycles. The van der Waals surface area contributed by atoms with Crippen LogP contribution < -0.4 is 5.73 Å². The molecule has 0 bridgehead atoms. The number of rotatable bonds is 2. The van der Waals surface area contributed by atoms with Crippen molar-refractivity contribution < 1.29 is 0 Å². The van der Waals surface area contributed by atoms with Crippen LogP contribution in [-0.4, -0.2) is 0 Å².